The van der Waals surface area contributed by atoms with Crippen LogP contribution in [-0.2, 0) is 0 Å². The molecule has 2 aromatic heterocycles. The van der Waals surface area contributed by atoms with E-state index < -0.39 is 12.1 Å². The van der Waals surface area contributed by atoms with Gasteiger partial charge in [-0.2, -0.15) is 26.9 Å². The molecule has 0 saturated carbocycles. The maximum atomic E-state index is 12.1. The smallest absolute Gasteiger partial charge is 0.441 e. The molecular formula is C14H11F5N2O3S. The molecule has 0 aliphatic carbocycles. The summed E-state index contributed by atoms with van der Waals surface area (Å²) in [5.41, 5.74) is -4.32. The van der Waals surface area contributed by atoms with Crippen LogP contribution in [0.1, 0.15) is 0 Å². The summed E-state index contributed by atoms with van der Waals surface area (Å²) in [6.45, 7) is -3.21. The maximum absolute atomic E-state index is 12.1. The van der Waals surface area contributed by atoms with Crippen LogP contribution in [0.25, 0.3) is 0 Å². The Bertz CT molecular complexity index is 688. The van der Waals surface area contributed by atoms with Gasteiger partial charge in [-0.05, 0) is 17.8 Å². The predicted octanol–water partition coefficient (Wildman–Crippen LogP) is 4.50. The lowest BCUT2D eigenvalue weighted by molar-refractivity contribution is -0.0529. The Morgan fingerprint density at radius 2 is 1.84 bits per heavy atom. The Labute approximate surface area is 143 Å². The van der Waals surface area contributed by atoms with E-state index in [1.165, 1.54) is 30.5 Å². The Balaban J connectivity index is 1.92. The monoisotopic (exact) mass is 382 g/mol. The Kier molecular flexibility index (Phi) is 6.62. The molecule has 2 heterocycles. The van der Waals surface area contributed by atoms with Crippen LogP contribution in [0.5, 0.6) is 23.4 Å². The fraction of sp³-hybridized carbons (Fsp3) is 0.286. The van der Waals surface area contributed by atoms with Crippen molar-refractivity contribution in [2.45, 2.75) is 12.1 Å². The molecule has 0 fully saturated rings. The Morgan fingerprint density at radius 1 is 1.08 bits per heavy atom. The van der Waals surface area contributed by atoms with Gasteiger partial charge in [0.1, 0.15) is 5.75 Å². The summed E-state index contributed by atoms with van der Waals surface area (Å²) in [4.78, 5) is 7.54. The van der Waals surface area contributed by atoms with E-state index in [0.717, 1.165) is 6.07 Å². The molecule has 0 aromatic carbocycles. The fourth-order valence-corrected chi connectivity index (χ4v) is 1.97. The van der Waals surface area contributed by atoms with E-state index in [1.54, 1.807) is 0 Å². The highest BCUT2D eigenvalue weighted by Gasteiger charge is 2.27. The van der Waals surface area contributed by atoms with Crippen LogP contribution in [0, 0.1) is 0 Å². The third kappa shape index (κ3) is 7.42. The number of halogens is 5. The highest BCUT2D eigenvalue weighted by atomic mass is 32.2. The van der Waals surface area contributed by atoms with E-state index in [2.05, 4.69) is 14.7 Å². The van der Waals surface area contributed by atoms with E-state index in [1.807, 2.05) is 0 Å². The molecule has 0 aliphatic heterocycles. The maximum Gasteiger partial charge on any atom is 0.441 e. The van der Waals surface area contributed by atoms with Gasteiger partial charge in [0.15, 0.2) is 0 Å². The van der Waals surface area contributed by atoms with Crippen LogP contribution in [0.2, 0.25) is 0 Å². The third-order valence-electron chi connectivity index (χ3n) is 2.44. The molecule has 0 bridgehead atoms. The second-order valence-electron chi connectivity index (χ2n) is 4.27. The molecule has 0 unspecified atom stereocenters. The van der Waals surface area contributed by atoms with E-state index in [0.29, 0.717) is 0 Å². The van der Waals surface area contributed by atoms with Gasteiger partial charge in [0.25, 0.3) is 0 Å². The fourth-order valence-electron chi connectivity index (χ4n) is 1.57. The van der Waals surface area contributed by atoms with Gasteiger partial charge < -0.3 is 14.2 Å². The van der Waals surface area contributed by atoms with Crippen molar-refractivity contribution >= 4 is 11.8 Å². The highest BCUT2D eigenvalue weighted by molar-refractivity contribution is 8.00. The number of ether oxygens (including phenoxy) is 3. The third-order valence-corrected chi connectivity index (χ3v) is 3.13. The van der Waals surface area contributed by atoms with Crippen LogP contribution in [-0.4, -0.2) is 34.4 Å². The quantitative estimate of drug-likeness (QED) is 0.495. The number of aromatic nitrogens is 2. The molecule has 25 heavy (non-hydrogen) atoms. The van der Waals surface area contributed by atoms with Gasteiger partial charge >= 0.3 is 12.1 Å². The minimum Gasteiger partial charge on any atom is -0.477 e. The van der Waals surface area contributed by atoms with Gasteiger partial charge in [-0.25, -0.2) is 4.98 Å². The molecule has 0 spiro atoms. The van der Waals surface area contributed by atoms with Crippen molar-refractivity contribution in [2.75, 3.05) is 12.4 Å². The van der Waals surface area contributed by atoms with Gasteiger partial charge in [-0.3, -0.25) is 0 Å². The van der Waals surface area contributed by atoms with Crippen LogP contribution in [0.15, 0.2) is 36.5 Å². The molecule has 136 valence electrons. The number of hydrogen-bond donors (Lipinski definition) is 0. The number of alkyl halides is 5. The summed E-state index contributed by atoms with van der Waals surface area (Å²) in [6, 6.07) is 6.97. The Hall–Kier alpha value is -2.30. The number of thioether (sulfide) groups is 1. The second kappa shape index (κ2) is 8.70. The first-order chi connectivity index (χ1) is 11.8. The van der Waals surface area contributed by atoms with E-state index in [4.69, 9.17) is 9.47 Å². The molecule has 0 amide bonds. The van der Waals surface area contributed by atoms with E-state index in [9.17, 15) is 22.0 Å². The summed E-state index contributed by atoms with van der Waals surface area (Å²) >= 11 is -0.200. The number of nitrogens with zero attached hydrogens (tertiary/aromatic N) is 2. The molecular weight excluding hydrogens is 371 g/mol. The average molecular weight is 382 g/mol. The molecule has 0 atom stereocenters. The average Bonchev–Trinajstić information content (AvgIpc) is 2.51. The number of pyridine rings is 2. The first kappa shape index (κ1) is 19.0. The van der Waals surface area contributed by atoms with Crippen molar-refractivity contribution in [1.82, 2.24) is 9.97 Å². The van der Waals surface area contributed by atoms with Crippen molar-refractivity contribution in [3.8, 4) is 23.4 Å². The lowest BCUT2D eigenvalue weighted by atomic mass is 10.4. The predicted molar refractivity (Wildman–Crippen MR) is 79.2 cm³/mol. The lowest BCUT2D eigenvalue weighted by Crippen LogP contribution is -2.08. The van der Waals surface area contributed by atoms with Gasteiger partial charge in [-0.1, -0.05) is 6.07 Å². The summed E-state index contributed by atoms with van der Waals surface area (Å²) in [7, 11) is 0. The zero-order valence-electron chi connectivity index (χ0n) is 12.4. The second-order valence-corrected chi connectivity index (χ2v) is 5.43. The SMILES string of the molecule is FC(F)Oc1cc(Oc2cccc(OCCSC(F)(F)F)n2)ccn1. The molecule has 2 rings (SSSR count). The van der Waals surface area contributed by atoms with Crippen LogP contribution in [0.3, 0.4) is 0 Å². The highest BCUT2D eigenvalue weighted by Crippen LogP contribution is 2.30. The van der Waals surface area contributed by atoms with Gasteiger partial charge in [0.05, 0.1) is 6.61 Å². The molecule has 11 heteroatoms. The first-order valence-corrected chi connectivity index (χ1v) is 7.70. The van der Waals surface area contributed by atoms with E-state index in [-0.39, 0.29) is 47.5 Å². The number of rotatable bonds is 8. The summed E-state index contributed by atoms with van der Waals surface area (Å²) in [5.74, 6) is -0.338. The number of hydrogen-bond acceptors (Lipinski definition) is 6. The normalized spacial score (nSPS) is 11.4. The summed E-state index contributed by atoms with van der Waals surface area (Å²) < 4.78 is 74.9. The zero-order chi connectivity index (χ0) is 18.3. The molecule has 0 saturated heterocycles. The molecule has 0 radical (unpaired) electrons. The Morgan fingerprint density at radius 3 is 2.56 bits per heavy atom. The van der Waals surface area contributed by atoms with Gasteiger partial charge in [0, 0.05) is 30.1 Å². The topological polar surface area (TPSA) is 53.5 Å². The van der Waals surface area contributed by atoms with Crippen molar-refractivity contribution in [1.29, 1.82) is 0 Å². The standard InChI is InChI=1S/C14H11F5N2O3S/c15-13(16)24-12-8-9(4-5-20-12)23-11-3-1-2-10(21-11)22-6-7-25-14(17,18)19/h1-5,8,13H,6-7H2. The first-order valence-electron chi connectivity index (χ1n) is 6.71. The van der Waals surface area contributed by atoms with Crippen molar-refractivity contribution < 1.29 is 36.2 Å². The van der Waals surface area contributed by atoms with Crippen molar-refractivity contribution in [3.05, 3.63) is 36.5 Å². The largest absolute Gasteiger partial charge is 0.477 e. The van der Waals surface area contributed by atoms with Gasteiger partial charge in [0.2, 0.25) is 17.6 Å². The zero-order valence-corrected chi connectivity index (χ0v) is 13.2. The summed E-state index contributed by atoms with van der Waals surface area (Å²) in [5, 5.41) is 0. The lowest BCUT2D eigenvalue weighted by Gasteiger charge is -2.09. The van der Waals surface area contributed by atoms with Crippen LogP contribution < -0.4 is 14.2 Å². The minimum atomic E-state index is -4.32. The minimum absolute atomic E-state index is 0.0650. The molecule has 2 aromatic rings. The van der Waals surface area contributed by atoms with Crippen molar-refractivity contribution in [2.24, 2.45) is 0 Å². The van der Waals surface area contributed by atoms with Gasteiger partial charge in [-0.15, -0.1) is 0 Å². The van der Waals surface area contributed by atoms with Crippen LogP contribution >= 0.6 is 11.8 Å². The molecule has 5 nitrogen and oxygen atoms in total. The molecule has 0 N–H and O–H groups in total. The van der Waals surface area contributed by atoms with Crippen LogP contribution in [0.4, 0.5) is 22.0 Å². The summed E-state index contributed by atoms with van der Waals surface area (Å²) in [6.07, 6.45) is 1.21. The van der Waals surface area contributed by atoms with Crippen molar-refractivity contribution in [3.63, 3.8) is 0 Å². The van der Waals surface area contributed by atoms with E-state index >= 15 is 0 Å². The molecule has 0 aliphatic rings.